The minimum absolute atomic E-state index is 0.394. The van der Waals surface area contributed by atoms with Crippen LogP contribution in [0, 0.1) is 5.92 Å². The van der Waals surface area contributed by atoms with Gasteiger partial charge in [0.25, 0.3) is 0 Å². The van der Waals surface area contributed by atoms with E-state index >= 15 is 0 Å². The number of aromatic nitrogens is 2. The van der Waals surface area contributed by atoms with Crippen LogP contribution >= 0.6 is 23.8 Å². The van der Waals surface area contributed by atoms with Crippen molar-refractivity contribution in [1.82, 2.24) is 15.3 Å². The van der Waals surface area contributed by atoms with E-state index < -0.39 is 0 Å². The molecule has 0 saturated carbocycles. The molecule has 0 spiro atoms. The first-order valence-corrected chi connectivity index (χ1v) is 8.71. The van der Waals surface area contributed by atoms with Crippen LogP contribution in [-0.2, 0) is 13.1 Å². The first-order valence-electron chi connectivity index (χ1n) is 7.92. The summed E-state index contributed by atoms with van der Waals surface area (Å²) in [5.41, 5.74) is 2.63. The molecule has 7 heteroatoms. The third-order valence-electron chi connectivity index (χ3n) is 3.74. The minimum Gasteiger partial charge on any atom is -0.362 e. The van der Waals surface area contributed by atoms with E-state index in [1.54, 1.807) is 6.07 Å². The highest BCUT2D eigenvalue weighted by Gasteiger charge is 2.20. The number of nitrogens with zero attached hydrogens (tertiary/aromatic N) is 3. The topological polar surface area (TPSA) is 53.1 Å². The van der Waals surface area contributed by atoms with Gasteiger partial charge in [0.15, 0.2) is 5.11 Å². The van der Waals surface area contributed by atoms with E-state index in [4.69, 9.17) is 23.8 Å². The predicted molar refractivity (Wildman–Crippen MR) is 102 cm³/mol. The summed E-state index contributed by atoms with van der Waals surface area (Å²) in [6, 6.07) is 10.2. The summed E-state index contributed by atoms with van der Waals surface area (Å²) in [6.07, 6.45) is 0. The van der Waals surface area contributed by atoms with E-state index in [9.17, 15) is 0 Å². The fraction of sp³-hybridized carbons (Fsp3) is 0.353. The molecule has 0 bridgehead atoms. The Morgan fingerprint density at radius 3 is 2.54 bits per heavy atom. The fourth-order valence-electron chi connectivity index (χ4n) is 2.56. The molecular weight excluding hydrogens is 342 g/mol. The molecule has 1 aromatic carbocycles. The Morgan fingerprint density at radius 2 is 1.92 bits per heavy atom. The maximum atomic E-state index is 6.17. The number of anilines is 2. The quantitative estimate of drug-likeness (QED) is 0.641. The second-order valence-electron chi connectivity index (χ2n) is 6.23. The van der Waals surface area contributed by atoms with Gasteiger partial charge in [-0.1, -0.05) is 49.7 Å². The number of benzene rings is 1. The van der Waals surface area contributed by atoms with Crippen molar-refractivity contribution in [2.24, 2.45) is 5.92 Å². The van der Waals surface area contributed by atoms with Gasteiger partial charge < -0.3 is 15.5 Å². The normalized spacial score (nSPS) is 13.1. The monoisotopic (exact) mass is 361 g/mol. The number of hydrogen-bond donors (Lipinski definition) is 2. The summed E-state index contributed by atoms with van der Waals surface area (Å²) in [4.78, 5) is 10.9. The van der Waals surface area contributed by atoms with E-state index in [2.05, 4.69) is 63.6 Å². The van der Waals surface area contributed by atoms with Crippen molar-refractivity contribution in [2.45, 2.75) is 26.9 Å². The highest BCUT2D eigenvalue weighted by Crippen LogP contribution is 2.28. The zero-order valence-electron chi connectivity index (χ0n) is 13.7. The van der Waals surface area contributed by atoms with Crippen LogP contribution in [-0.4, -0.2) is 21.6 Å². The Bertz CT molecular complexity index is 725. The van der Waals surface area contributed by atoms with E-state index in [0.717, 1.165) is 25.5 Å². The highest BCUT2D eigenvalue weighted by molar-refractivity contribution is 7.80. The van der Waals surface area contributed by atoms with Crippen molar-refractivity contribution in [3.8, 4) is 0 Å². The molecule has 0 aliphatic carbocycles. The van der Waals surface area contributed by atoms with Crippen LogP contribution in [0.5, 0.6) is 0 Å². The maximum absolute atomic E-state index is 6.17. The first-order chi connectivity index (χ1) is 11.5. The number of fused-ring (bicyclic) bond motifs is 1. The van der Waals surface area contributed by atoms with Gasteiger partial charge in [-0.25, -0.2) is 4.98 Å². The summed E-state index contributed by atoms with van der Waals surface area (Å²) < 4.78 is 0. The molecule has 0 saturated heterocycles. The Hall–Kier alpha value is -1.92. The molecule has 24 heavy (non-hydrogen) atoms. The molecule has 1 aliphatic heterocycles. The van der Waals surface area contributed by atoms with Crippen LogP contribution in [0.25, 0.3) is 0 Å². The summed E-state index contributed by atoms with van der Waals surface area (Å²) in [7, 11) is 0. The van der Waals surface area contributed by atoms with Gasteiger partial charge in [-0.05, 0) is 29.3 Å². The molecule has 0 atom stereocenters. The fourth-order valence-corrected chi connectivity index (χ4v) is 2.91. The number of halogens is 1. The van der Waals surface area contributed by atoms with Gasteiger partial charge in [-0.2, -0.15) is 4.98 Å². The van der Waals surface area contributed by atoms with Crippen LogP contribution in [0.2, 0.25) is 5.15 Å². The standard InChI is InChI=1S/C17H20ClN5S/c1-11(2)8-19-17(24)22-16-20-14(18)7-15(21-16)23-9-12-5-3-4-6-13(12)10-23/h3-7,11H,8-10H2,1-2H3,(H2,19,20,21,22,24). The molecule has 3 rings (SSSR count). The first kappa shape index (κ1) is 16.9. The van der Waals surface area contributed by atoms with Gasteiger partial charge in [-0.3, -0.25) is 0 Å². The average Bonchev–Trinajstić information content (AvgIpc) is 2.96. The van der Waals surface area contributed by atoms with Crippen molar-refractivity contribution in [2.75, 3.05) is 16.8 Å². The lowest BCUT2D eigenvalue weighted by Gasteiger charge is -2.18. The summed E-state index contributed by atoms with van der Waals surface area (Å²) in [5.74, 6) is 1.71. The highest BCUT2D eigenvalue weighted by atomic mass is 35.5. The summed E-state index contributed by atoms with van der Waals surface area (Å²) >= 11 is 11.4. The molecule has 5 nitrogen and oxygen atoms in total. The molecule has 126 valence electrons. The third kappa shape index (κ3) is 4.13. The van der Waals surface area contributed by atoms with Crippen molar-refractivity contribution >= 4 is 40.7 Å². The number of rotatable bonds is 4. The lowest BCUT2D eigenvalue weighted by atomic mass is 10.1. The largest absolute Gasteiger partial charge is 0.362 e. The molecule has 0 unspecified atom stereocenters. The SMILES string of the molecule is CC(C)CNC(=S)Nc1nc(Cl)cc(N2Cc3ccccc3C2)n1. The minimum atomic E-state index is 0.394. The van der Waals surface area contributed by atoms with Gasteiger partial charge in [0, 0.05) is 25.7 Å². The molecule has 0 radical (unpaired) electrons. The molecule has 2 heterocycles. The van der Waals surface area contributed by atoms with Gasteiger partial charge in [0.2, 0.25) is 5.95 Å². The van der Waals surface area contributed by atoms with Gasteiger partial charge in [-0.15, -0.1) is 0 Å². The molecule has 0 amide bonds. The van der Waals surface area contributed by atoms with Gasteiger partial charge >= 0.3 is 0 Å². The smallest absolute Gasteiger partial charge is 0.232 e. The second kappa shape index (κ2) is 7.32. The lowest BCUT2D eigenvalue weighted by molar-refractivity contribution is 0.627. The van der Waals surface area contributed by atoms with Gasteiger partial charge in [0.05, 0.1) is 0 Å². The predicted octanol–water partition coefficient (Wildman–Crippen LogP) is 3.59. The van der Waals surface area contributed by atoms with Gasteiger partial charge in [0.1, 0.15) is 11.0 Å². The molecule has 1 aliphatic rings. The molecule has 1 aromatic heterocycles. The van der Waals surface area contributed by atoms with E-state index in [0.29, 0.717) is 22.1 Å². The van der Waals surface area contributed by atoms with E-state index in [-0.39, 0.29) is 0 Å². The Kier molecular flexibility index (Phi) is 5.16. The maximum Gasteiger partial charge on any atom is 0.232 e. The van der Waals surface area contributed by atoms with Crippen molar-refractivity contribution in [3.63, 3.8) is 0 Å². The summed E-state index contributed by atoms with van der Waals surface area (Å²) in [6.45, 7) is 6.67. The zero-order chi connectivity index (χ0) is 17.1. The molecule has 2 N–H and O–H groups in total. The van der Waals surface area contributed by atoms with E-state index in [1.165, 1.54) is 11.1 Å². The molecule has 0 fully saturated rings. The van der Waals surface area contributed by atoms with Crippen LogP contribution in [0.15, 0.2) is 30.3 Å². The third-order valence-corrected chi connectivity index (χ3v) is 4.18. The van der Waals surface area contributed by atoms with E-state index in [1.807, 2.05) is 0 Å². The number of thiocarbonyl (C=S) groups is 1. The second-order valence-corrected chi connectivity index (χ2v) is 7.02. The average molecular weight is 362 g/mol. The summed E-state index contributed by atoms with van der Waals surface area (Å²) in [5, 5.41) is 7.04. The van der Waals surface area contributed by atoms with Crippen LogP contribution < -0.4 is 15.5 Å². The number of nitrogens with one attached hydrogen (secondary N) is 2. The van der Waals surface area contributed by atoms with Crippen molar-refractivity contribution in [3.05, 3.63) is 46.6 Å². The Morgan fingerprint density at radius 1 is 1.25 bits per heavy atom. The lowest BCUT2D eigenvalue weighted by Crippen LogP contribution is -2.32. The van der Waals surface area contributed by atoms with Crippen LogP contribution in [0.3, 0.4) is 0 Å². The van der Waals surface area contributed by atoms with Crippen molar-refractivity contribution < 1.29 is 0 Å². The Balaban J connectivity index is 1.72. The van der Waals surface area contributed by atoms with Crippen LogP contribution in [0.4, 0.5) is 11.8 Å². The number of hydrogen-bond acceptors (Lipinski definition) is 4. The molecular formula is C17H20ClN5S. The molecule has 2 aromatic rings. The van der Waals surface area contributed by atoms with Crippen molar-refractivity contribution in [1.29, 1.82) is 0 Å². The van der Waals surface area contributed by atoms with Crippen LogP contribution in [0.1, 0.15) is 25.0 Å². The Labute approximate surface area is 152 Å². The zero-order valence-corrected chi connectivity index (χ0v) is 15.3.